The van der Waals surface area contributed by atoms with Crippen LogP contribution in [0.25, 0.3) is 0 Å². The molecule has 2 aromatic heterocycles. The van der Waals surface area contributed by atoms with Crippen LogP contribution < -0.4 is 5.32 Å². The van der Waals surface area contributed by atoms with Crippen molar-refractivity contribution in [2.24, 2.45) is 0 Å². The second-order valence-corrected chi connectivity index (χ2v) is 4.26. The molecule has 0 saturated heterocycles. The number of nitrogens with zero attached hydrogens (tertiary/aromatic N) is 1. The molecule has 0 saturated carbocycles. The molecule has 0 fully saturated rings. The van der Waals surface area contributed by atoms with Gasteiger partial charge in [0.1, 0.15) is 5.69 Å². The van der Waals surface area contributed by atoms with Crippen LogP contribution in [0.1, 0.15) is 27.6 Å². The van der Waals surface area contributed by atoms with Crippen LogP contribution in [0.5, 0.6) is 0 Å². The van der Waals surface area contributed by atoms with E-state index in [0.717, 1.165) is 17.1 Å². The van der Waals surface area contributed by atoms with Gasteiger partial charge in [-0.05, 0) is 31.2 Å². The molecule has 0 aliphatic heterocycles. The third kappa shape index (κ3) is 3.66. The van der Waals surface area contributed by atoms with Crippen LogP contribution in [-0.4, -0.2) is 23.0 Å². The number of rotatable bonds is 5. The van der Waals surface area contributed by atoms with Gasteiger partial charge in [0.05, 0.1) is 12.8 Å². The van der Waals surface area contributed by atoms with E-state index in [2.05, 4.69) is 20.0 Å². The molecule has 2 N–H and O–H groups in total. The molecule has 5 heteroatoms. The van der Waals surface area contributed by atoms with Gasteiger partial charge in [0, 0.05) is 24.5 Å². The van der Waals surface area contributed by atoms with Crippen LogP contribution in [0.2, 0.25) is 0 Å². The number of carbonyl (C=O) groups is 1. The summed E-state index contributed by atoms with van der Waals surface area (Å²) in [7, 11) is 1.37. The predicted molar refractivity (Wildman–Crippen MR) is 71.6 cm³/mol. The molecule has 0 unspecified atom stereocenters. The van der Waals surface area contributed by atoms with E-state index in [1.165, 1.54) is 7.11 Å². The highest BCUT2D eigenvalue weighted by atomic mass is 16.5. The van der Waals surface area contributed by atoms with Crippen LogP contribution in [0, 0.1) is 6.92 Å². The molecule has 0 aliphatic rings. The third-order valence-electron chi connectivity index (χ3n) is 2.72. The zero-order valence-electron chi connectivity index (χ0n) is 11.1. The Balaban J connectivity index is 1.86. The first-order valence-corrected chi connectivity index (χ1v) is 6.08. The topological polar surface area (TPSA) is 67.0 Å². The predicted octanol–water partition coefficient (Wildman–Crippen LogP) is 1.79. The minimum Gasteiger partial charge on any atom is -0.464 e. The number of methoxy groups -OCH3 is 1. The zero-order valence-corrected chi connectivity index (χ0v) is 11.1. The van der Waals surface area contributed by atoms with E-state index in [4.69, 9.17) is 0 Å². The quantitative estimate of drug-likeness (QED) is 0.803. The summed E-state index contributed by atoms with van der Waals surface area (Å²) in [5, 5.41) is 3.27. The minimum absolute atomic E-state index is 0.355. The van der Waals surface area contributed by atoms with Crippen molar-refractivity contribution in [2.45, 2.75) is 20.0 Å². The van der Waals surface area contributed by atoms with Crippen molar-refractivity contribution in [1.82, 2.24) is 15.3 Å². The molecule has 0 amide bonds. The van der Waals surface area contributed by atoms with Crippen molar-refractivity contribution in [3.63, 3.8) is 0 Å². The standard InChI is InChI=1S/C14H17N3O2/c1-10-4-3-5-11(16-10)8-15-9-12-6-7-13(17-12)14(18)19-2/h3-7,15,17H,8-9H2,1-2H3. The number of carbonyl (C=O) groups excluding carboxylic acids is 1. The molecule has 2 heterocycles. The van der Waals surface area contributed by atoms with E-state index in [1.54, 1.807) is 6.07 Å². The number of aromatic amines is 1. The van der Waals surface area contributed by atoms with Crippen LogP contribution >= 0.6 is 0 Å². The summed E-state index contributed by atoms with van der Waals surface area (Å²) in [6, 6.07) is 9.52. The van der Waals surface area contributed by atoms with E-state index in [-0.39, 0.29) is 5.97 Å². The van der Waals surface area contributed by atoms with Gasteiger partial charge in [-0.2, -0.15) is 0 Å². The molecule has 0 aliphatic carbocycles. The third-order valence-corrected chi connectivity index (χ3v) is 2.72. The highest BCUT2D eigenvalue weighted by Crippen LogP contribution is 2.04. The highest BCUT2D eigenvalue weighted by Gasteiger charge is 2.07. The summed E-state index contributed by atoms with van der Waals surface area (Å²) >= 11 is 0. The Morgan fingerprint density at radius 2 is 2.16 bits per heavy atom. The average Bonchev–Trinajstić information content (AvgIpc) is 2.87. The van der Waals surface area contributed by atoms with Crippen LogP contribution in [0.3, 0.4) is 0 Å². The molecular formula is C14H17N3O2. The number of H-pyrrole nitrogens is 1. The molecule has 0 radical (unpaired) electrons. The van der Waals surface area contributed by atoms with Gasteiger partial charge >= 0.3 is 5.97 Å². The lowest BCUT2D eigenvalue weighted by atomic mass is 10.3. The second-order valence-electron chi connectivity index (χ2n) is 4.26. The fraction of sp³-hybridized carbons (Fsp3) is 0.286. The zero-order chi connectivity index (χ0) is 13.7. The molecule has 0 spiro atoms. The van der Waals surface area contributed by atoms with Gasteiger partial charge in [-0.15, -0.1) is 0 Å². The Morgan fingerprint density at radius 3 is 2.89 bits per heavy atom. The Hall–Kier alpha value is -2.14. The smallest absolute Gasteiger partial charge is 0.354 e. The summed E-state index contributed by atoms with van der Waals surface area (Å²) in [5.41, 5.74) is 3.41. The molecule has 0 aromatic carbocycles. The van der Waals surface area contributed by atoms with Crippen molar-refractivity contribution >= 4 is 5.97 Å². The van der Waals surface area contributed by atoms with E-state index in [1.807, 2.05) is 31.2 Å². The first-order valence-electron chi connectivity index (χ1n) is 6.08. The summed E-state index contributed by atoms with van der Waals surface area (Å²) in [6.45, 7) is 3.30. The fourth-order valence-corrected chi connectivity index (χ4v) is 1.80. The van der Waals surface area contributed by atoms with Gasteiger partial charge in [0.25, 0.3) is 0 Å². The molecule has 19 heavy (non-hydrogen) atoms. The normalized spacial score (nSPS) is 10.4. The van der Waals surface area contributed by atoms with E-state index >= 15 is 0 Å². The second kappa shape index (κ2) is 6.15. The Bertz CT molecular complexity index is 563. The van der Waals surface area contributed by atoms with Gasteiger partial charge in [-0.3, -0.25) is 4.98 Å². The average molecular weight is 259 g/mol. The SMILES string of the molecule is COC(=O)c1ccc(CNCc2cccc(C)n2)[nH]1. The minimum atomic E-state index is -0.355. The number of nitrogens with one attached hydrogen (secondary N) is 2. The number of ether oxygens (including phenoxy) is 1. The van der Waals surface area contributed by atoms with E-state index in [9.17, 15) is 4.79 Å². The Morgan fingerprint density at radius 1 is 1.32 bits per heavy atom. The summed E-state index contributed by atoms with van der Waals surface area (Å²) in [4.78, 5) is 18.7. The van der Waals surface area contributed by atoms with E-state index in [0.29, 0.717) is 18.8 Å². The molecule has 2 rings (SSSR count). The number of pyridine rings is 1. The Kier molecular flexibility index (Phi) is 4.30. The Labute approximate surface area is 112 Å². The van der Waals surface area contributed by atoms with Crippen LogP contribution in [0.4, 0.5) is 0 Å². The van der Waals surface area contributed by atoms with E-state index < -0.39 is 0 Å². The number of hydrogen-bond donors (Lipinski definition) is 2. The number of aryl methyl sites for hydroxylation is 1. The van der Waals surface area contributed by atoms with Crippen molar-refractivity contribution in [2.75, 3.05) is 7.11 Å². The van der Waals surface area contributed by atoms with Gasteiger partial charge in [0.15, 0.2) is 0 Å². The monoisotopic (exact) mass is 259 g/mol. The van der Waals surface area contributed by atoms with Crippen molar-refractivity contribution in [3.05, 3.63) is 53.1 Å². The maximum atomic E-state index is 11.3. The highest BCUT2D eigenvalue weighted by molar-refractivity contribution is 5.87. The maximum Gasteiger partial charge on any atom is 0.354 e. The summed E-state index contributed by atoms with van der Waals surface area (Å²) in [6.07, 6.45) is 0. The first-order chi connectivity index (χ1) is 9.19. The van der Waals surface area contributed by atoms with Gasteiger partial charge < -0.3 is 15.0 Å². The van der Waals surface area contributed by atoms with Crippen molar-refractivity contribution < 1.29 is 9.53 Å². The van der Waals surface area contributed by atoms with Crippen LogP contribution in [-0.2, 0) is 17.8 Å². The maximum absolute atomic E-state index is 11.3. The largest absolute Gasteiger partial charge is 0.464 e. The van der Waals surface area contributed by atoms with Gasteiger partial charge in [-0.25, -0.2) is 4.79 Å². The number of aromatic nitrogens is 2. The molecule has 0 bridgehead atoms. The number of esters is 1. The van der Waals surface area contributed by atoms with Gasteiger partial charge in [-0.1, -0.05) is 6.07 Å². The molecular weight excluding hydrogens is 242 g/mol. The lowest BCUT2D eigenvalue weighted by Gasteiger charge is -2.04. The molecule has 100 valence electrons. The number of hydrogen-bond acceptors (Lipinski definition) is 4. The summed E-state index contributed by atoms with van der Waals surface area (Å²) in [5.74, 6) is -0.355. The summed E-state index contributed by atoms with van der Waals surface area (Å²) < 4.78 is 4.64. The lowest BCUT2D eigenvalue weighted by molar-refractivity contribution is 0.0594. The molecule has 0 atom stereocenters. The fourth-order valence-electron chi connectivity index (χ4n) is 1.80. The molecule has 2 aromatic rings. The molecule has 5 nitrogen and oxygen atoms in total. The lowest BCUT2D eigenvalue weighted by Crippen LogP contribution is -2.14. The van der Waals surface area contributed by atoms with Crippen LogP contribution in [0.15, 0.2) is 30.3 Å². The van der Waals surface area contributed by atoms with Gasteiger partial charge in [0.2, 0.25) is 0 Å². The van der Waals surface area contributed by atoms with Crippen molar-refractivity contribution in [3.8, 4) is 0 Å². The van der Waals surface area contributed by atoms with Crippen molar-refractivity contribution in [1.29, 1.82) is 0 Å². The first kappa shape index (κ1) is 13.3.